The zero-order chi connectivity index (χ0) is 17.4. The molecule has 24 heavy (non-hydrogen) atoms. The van der Waals surface area contributed by atoms with Crippen molar-refractivity contribution in [3.63, 3.8) is 0 Å². The fourth-order valence-corrected chi connectivity index (χ4v) is 3.66. The van der Waals surface area contributed by atoms with Crippen molar-refractivity contribution in [3.8, 4) is 0 Å². The van der Waals surface area contributed by atoms with Crippen molar-refractivity contribution in [2.45, 2.75) is 36.3 Å². The monoisotopic (exact) mass is 345 g/mol. The van der Waals surface area contributed by atoms with Gasteiger partial charge in [-0.05, 0) is 42.7 Å². The number of rotatable bonds is 8. The zero-order valence-electron chi connectivity index (χ0n) is 14.3. The molecule has 0 saturated carbocycles. The van der Waals surface area contributed by atoms with Crippen molar-refractivity contribution in [2.75, 3.05) is 14.2 Å². The summed E-state index contributed by atoms with van der Waals surface area (Å²) in [5.74, 6) is -0.175. The van der Waals surface area contributed by atoms with Crippen LogP contribution in [0, 0.1) is 0 Å². The lowest BCUT2D eigenvalue weighted by molar-refractivity contribution is -0.140. The topological polar surface area (TPSA) is 47.9 Å². The van der Waals surface area contributed by atoms with E-state index < -0.39 is 0 Å². The van der Waals surface area contributed by atoms with E-state index in [9.17, 15) is 4.79 Å². The van der Waals surface area contributed by atoms with Gasteiger partial charge in [0.15, 0.2) is 0 Å². The second-order valence-electron chi connectivity index (χ2n) is 5.50. The summed E-state index contributed by atoms with van der Waals surface area (Å²) in [6.45, 7) is 1.96. The van der Waals surface area contributed by atoms with E-state index in [-0.39, 0.29) is 11.2 Å². The van der Waals surface area contributed by atoms with Crippen LogP contribution in [0.3, 0.4) is 0 Å². The largest absolute Gasteiger partial charge is 0.469 e. The summed E-state index contributed by atoms with van der Waals surface area (Å²) in [7, 11) is 2.97. The zero-order valence-corrected chi connectivity index (χ0v) is 15.1. The van der Waals surface area contributed by atoms with E-state index in [4.69, 9.17) is 9.57 Å². The number of thioether (sulfide) groups is 1. The molecular formula is C19H23NO3S. The summed E-state index contributed by atoms with van der Waals surface area (Å²) in [5, 5.41) is 6.69. The van der Waals surface area contributed by atoms with Crippen LogP contribution < -0.4 is 0 Å². The quantitative estimate of drug-likeness (QED) is 0.302. The standard InChI is InChI=1S/C19H23NO3S/c1-14(20-23-3)18(9-6-10-19(21)22-2)24-17-12-11-15-7-4-5-8-16(15)13-17/h4-5,7-8,11-13,18H,6,9-10H2,1-3H3. The van der Waals surface area contributed by atoms with Crippen LogP contribution in [0.4, 0.5) is 0 Å². The Morgan fingerprint density at radius 2 is 1.92 bits per heavy atom. The number of methoxy groups -OCH3 is 1. The van der Waals surface area contributed by atoms with Gasteiger partial charge in [-0.1, -0.05) is 35.5 Å². The van der Waals surface area contributed by atoms with E-state index in [2.05, 4.69) is 35.5 Å². The van der Waals surface area contributed by atoms with E-state index >= 15 is 0 Å². The minimum Gasteiger partial charge on any atom is -0.469 e. The molecule has 1 atom stereocenters. The van der Waals surface area contributed by atoms with Gasteiger partial charge >= 0.3 is 5.97 Å². The van der Waals surface area contributed by atoms with Crippen LogP contribution in [0.5, 0.6) is 0 Å². The number of benzene rings is 2. The molecule has 0 bridgehead atoms. The number of nitrogens with zero attached hydrogens (tertiary/aromatic N) is 1. The fourth-order valence-electron chi connectivity index (χ4n) is 2.49. The third-order valence-corrected chi connectivity index (χ3v) is 5.16. The first kappa shape index (κ1) is 18.3. The Kier molecular flexibility index (Phi) is 7.12. The van der Waals surface area contributed by atoms with Gasteiger partial charge in [-0.25, -0.2) is 0 Å². The Labute approximate surface area is 147 Å². The van der Waals surface area contributed by atoms with Gasteiger partial charge in [-0.2, -0.15) is 0 Å². The molecule has 2 aromatic rings. The Hall–Kier alpha value is -2.01. The lowest BCUT2D eigenvalue weighted by atomic mass is 10.1. The Bertz CT molecular complexity index is 715. The number of hydrogen-bond acceptors (Lipinski definition) is 5. The third kappa shape index (κ3) is 5.27. The molecule has 0 aromatic heterocycles. The number of oxime groups is 1. The molecule has 0 amide bonds. The molecule has 4 nitrogen and oxygen atoms in total. The van der Waals surface area contributed by atoms with E-state index in [0.717, 1.165) is 18.6 Å². The van der Waals surface area contributed by atoms with Gasteiger partial charge in [-0.3, -0.25) is 4.79 Å². The second kappa shape index (κ2) is 9.33. The first-order valence-electron chi connectivity index (χ1n) is 7.94. The maximum absolute atomic E-state index is 11.3. The SMILES string of the molecule is CON=C(C)C(CCCC(=O)OC)Sc1ccc2ccccc2c1. The summed E-state index contributed by atoms with van der Waals surface area (Å²) in [5.41, 5.74) is 0.917. The van der Waals surface area contributed by atoms with Crippen LogP contribution >= 0.6 is 11.8 Å². The molecule has 1 unspecified atom stereocenters. The average molecular weight is 345 g/mol. The predicted octanol–water partition coefficient (Wildman–Crippen LogP) is 4.67. The Balaban J connectivity index is 2.10. The Morgan fingerprint density at radius 1 is 1.17 bits per heavy atom. The summed E-state index contributed by atoms with van der Waals surface area (Å²) >= 11 is 1.75. The summed E-state index contributed by atoms with van der Waals surface area (Å²) in [6.07, 6.45) is 2.02. The summed E-state index contributed by atoms with van der Waals surface area (Å²) < 4.78 is 4.71. The lowest BCUT2D eigenvalue weighted by Crippen LogP contribution is -2.15. The molecule has 0 saturated heterocycles. The summed E-state index contributed by atoms with van der Waals surface area (Å²) in [4.78, 5) is 17.4. The van der Waals surface area contributed by atoms with Crippen molar-refractivity contribution in [1.29, 1.82) is 0 Å². The predicted molar refractivity (Wildman–Crippen MR) is 99.6 cm³/mol. The average Bonchev–Trinajstić information content (AvgIpc) is 2.60. The van der Waals surface area contributed by atoms with Crippen LogP contribution in [-0.2, 0) is 14.4 Å². The van der Waals surface area contributed by atoms with Gasteiger partial charge < -0.3 is 9.57 Å². The highest BCUT2D eigenvalue weighted by Crippen LogP contribution is 2.30. The van der Waals surface area contributed by atoms with Crippen LogP contribution in [0.1, 0.15) is 26.2 Å². The molecule has 2 rings (SSSR count). The molecule has 0 aliphatic heterocycles. The highest BCUT2D eigenvalue weighted by molar-refractivity contribution is 8.00. The van der Waals surface area contributed by atoms with Gasteiger partial charge in [0.1, 0.15) is 7.11 Å². The lowest BCUT2D eigenvalue weighted by Gasteiger charge is -2.16. The molecule has 2 aromatic carbocycles. The molecule has 0 spiro atoms. The van der Waals surface area contributed by atoms with Gasteiger partial charge in [0.05, 0.1) is 18.1 Å². The minimum atomic E-state index is -0.175. The number of hydrogen-bond donors (Lipinski definition) is 0. The number of fused-ring (bicyclic) bond motifs is 1. The minimum absolute atomic E-state index is 0.163. The fraction of sp³-hybridized carbons (Fsp3) is 0.368. The van der Waals surface area contributed by atoms with Gasteiger partial charge in [0.25, 0.3) is 0 Å². The van der Waals surface area contributed by atoms with E-state index in [0.29, 0.717) is 6.42 Å². The highest BCUT2D eigenvalue weighted by Gasteiger charge is 2.16. The van der Waals surface area contributed by atoms with Crippen LogP contribution in [0.25, 0.3) is 10.8 Å². The van der Waals surface area contributed by atoms with Crippen molar-refractivity contribution in [2.24, 2.45) is 5.16 Å². The van der Waals surface area contributed by atoms with Crippen LogP contribution in [0.2, 0.25) is 0 Å². The molecule has 0 N–H and O–H groups in total. The van der Waals surface area contributed by atoms with Crippen molar-refractivity contribution >= 4 is 34.2 Å². The second-order valence-corrected chi connectivity index (χ2v) is 6.78. The summed E-state index contributed by atoms with van der Waals surface area (Å²) in [6, 6.07) is 14.7. The molecule has 0 fully saturated rings. The maximum atomic E-state index is 11.3. The normalized spacial score (nSPS) is 12.9. The number of ether oxygens (including phenoxy) is 1. The number of carbonyl (C=O) groups is 1. The first-order chi connectivity index (χ1) is 11.6. The van der Waals surface area contributed by atoms with Gasteiger partial charge in [0.2, 0.25) is 0 Å². The third-order valence-electron chi connectivity index (χ3n) is 3.78. The molecule has 0 aliphatic rings. The molecule has 0 heterocycles. The highest BCUT2D eigenvalue weighted by atomic mass is 32.2. The molecular weight excluding hydrogens is 322 g/mol. The van der Waals surface area contributed by atoms with Crippen LogP contribution in [0.15, 0.2) is 52.5 Å². The van der Waals surface area contributed by atoms with Crippen LogP contribution in [-0.4, -0.2) is 31.2 Å². The van der Waals surface area contributed by atoms with E-state index in [1.165, 1.54) is 22.8 Å². The molecule has 0 aliphatic carbocycles. The maximum Gasteiger partial charge on any atom is 0.305 e. The molecule has 128 valence electrons. The molecule has 0 radical (unpaired) electrons. The van der Waals surface area contributed by atoms with Gasteiger partial charge in [0, 0.05) is 11.3 Å². The smallest absolute Gasteiger partial charge is 0.305 e. The van der Waals surface area contributed by atoms with E-state index in [1.807, 2.05) is 19.1 Å². The first-order valence-corrected chi connectivity index (χ1v) is 8.82. The van der Waals surface area contributed by atoms with Crippen molar-refractivity contribution < 1.29 is 14.4 Å². The molecule has 5 heteroatoms. The van der Waals surface area contributed by atoms with Crippen molar-refractivity contribution in [1.82, 2.24) is 0 Å². The Morgan fingerprint density at radius 3 is 2.62 bits per heavy atom. The number of carbonyl (C=O) groups excluding carboxylic acids is 1. The van der Waals surface area contributed by atoms with Gasteiger partial charge in [-0.15, -0.1) is 11.8 Å². The van der Waals surface area contributed by atoms with Crippen molar-refractivity contribution in [3.05, 3.63) is 42.5 Å². The number of esters is 1. The van der Waals surface area contributed by atoms with E-state index in [1.54, 1.807) is 18.9 Å².